The molecule has 1 saturated carbocycles. The molecule has 0 spiro atoms. The van der Waals surface area contributed by atoms with E-state index < -0.39 is 0 Å². The van der Waals surface area contributed by atoms with Gasteiger partial charge in [0.1, 0.15) is 0 Å². The molecule has 1 aliphatic carbocycles. The average molecular weight is 324 g/mol. The van der Waals surface area contributed by atoms with Crippen LogP contribution in [0.5, 0.6) is 0 Å². The molecule has 22 heavy (non-hydrogen) atoms. The molecular formula is C15H24N4O2S. The number of thioether (sulfide) groups is 1. The first-order valence-corrected chi connectivity index (χ1v) is 9.14. The van der Waals surface area contributed by atoms with Crippen LogP contribution in [0.3, 0.4) is 0 Å². The molecule has 7 heteroatoms. The molecule has 2 aliphatic rings. The number of nitrogens with zero attached hydrogens (tertiary/aromatic N) is 3. The minimum atomic E-state index is 0.0119. The third-order valence-electron chi connectivity index (χ3n) is 4.24. The number of hydrogen-bond acceptors (Lipinski definition) is 4. The van der Waals surface area contributed by atoms with Gasteiger partial charge in [-0.1, -0.05) is 19.3 Å². The largest absolute Gasteiger partial charge is 0.338 e. The van der Waals surface area contributed by atoms with Crippen molar-refractivity contribution in [2.75, 3.05) is 37.7 Å². The van der Waals surface area contributed by atoms with E-state index >= 15 is 0 Å². The lowest BCUT2D eigenvalue weighted by Crippen LogP contribution is -2.55. The number of rotatable bonds is 4. The maximum atomic E-state index is 12.2. The van der Waals surface area contributed by atoms with Crippen LogP contribution in [-0.2, 0) is 4.79 Å². The standard InChI is InChI=1S/C15H24N4O2S/c16-6-11-22-12-14(20)18-7-9-19(10-8-18)15(21)17-13-4-2-1-3-5-13/h13H,1-5,7-12H2,(H,17,21). The van der Waals surface area contributed by atoms with Crippen LogP contribution in [0.2, 0.25) is 0 Å². The fourth-order valence-electron chi connectivity index (χ4n) is 2.95. The normalized spacial score (nSPS) is 19.6. The van der Waals surface area contributed by atoms with Crippen LogP contribution in [0.4, 0.5) is 4.79 Å². The molecule has 0 unspecified atom stereocenters. The second-order valence-electron chi connectivity index (χ2n) is 5.80. The Labute approximate surface area is 136 Å². The third kappa shape index (κ3) is 5.09. The van der Waals surface area contributed by atoms with E-state index in [1.54, 1.807) is 9.80 Å². The Kier molecular flexibility index (Phi) is 6.84. The van der Waals surface area contributed by atoms with Crippen LogP contribution in [0.1, 0.15) is 32.1 Å². The lowest BCUT2D eigenvalue weighted by Gasteiger charge is -2.36. The molecule has 0 aromatic carbocycles. The van der Waals surface area contributed by atoms with Crippen LogP contribution in [-0.4, -0.2) is 65.5 Å². The first-order valence-electron chi connectivity index (χ1n) is 7.98. The SMILES string of the molecule is N#CCSCC(=O)N1CCN(C(=O)NC2CCCCC2)CC1. The Morgan fingerprint density at radius 2 is 1.73 bits per heavy atom. The summed E-state index contributed by atoms with van der Waals surface area (Å²) in [6.45, 7) is 2.36. The number of nitrogens with one attached hydrogen (secondary N) is 1. The van der Waals surface area contributed by atoms with Gasteiger partial charge in [-0.15, -0.1) is 11.8 Å². The molecule has 2 fully saturated rings. The first kappa shape index (κ1) is 16.9. The highest BCUT2D eigenvalue weighted by atomic mass is 32.2. The van der Waals surface area contributed by atoms with E-state index in [1.807, 2.05) is 6.07 Å². The molecule has 1 saturated heterocycles. The Balaban J connectivity index is 1.68. The summed E-state index contributed by atoms with van der Waals surface area (Å²) in [5, 5.41) is 11.6. The Morgan fingerprint density at radius 1 is 1.09 bits per heavy atom. The maximum Gasteiger partial charge on any atom is 0.317 e. The summed E-state index contributed by atoms with van der Waals surface area (Å²) in [6.07, 6.45) is 5.85. The highest BCUT2D eigenvalue weighted by Gasteiger charge is 2.25. The maximum absolute atomic E-state index is 12.2. The zero-order valence-corrected chi connectivity index (χ0v) is 13.7. The van der Waals surface area contributed by atoms with Crippen LogP contribution in [0.15, 0.2) is 0 Å². The number of carbonyl (C=O) groups is 2. The van der Waals surface area contributed by atoms with Gasteiger partial charge in [0, 0.05) is 32.2 Å². The predicted octanol–water partition coefficient (Wildman–Crippen LogP) is 1.43. The summed E-state index contributed by atoms with van der Waals surface area (Å²) in [4.78, 5) is 27.8. The first-order chi connectivity index (χ1) is 10.7. The summed E-state index contributed by atoms with van der Waals surface area (Å²) in [6, 6.07) is 2.35. The van der Waals surface area contributed by atoms with Gasteiger partial charge in [0.05, 0.1) is 17.6 Å². The topological polar surface area (TPSA) is 76.4 Å². The lowest BCUT2D eigenvalue weighted by atomic mass is 9.96. The molecule has 0 aromatic heterocycles. The molecule has 122 valence electrons. The molecule has 0 atom stereocenters. The fraction of sp³-hybridized carbons (Fsp3) is 0.800. The van der Waals surface area contributed by atoms with Gasteiger partial charge in [-0.25, -0.2) is 4.79 Å². The molecule has 1 N–H and O–H groups in total. The van der Waals surface area contributed by atoms with Gasteiger partial charge >= 0.3 is 6.03 Å². The summed E-state index contributed by atoms with van der Waals surface area (Å²) in [5.74, 6) is 0.754. The van der Waals surface area contributed by atoms with E-state index in [4.69, 9.17) is 5.26 Å². The highest BCUT2D eigenvalue weighted by Crippen LogP contribution is 2.17. The number of urea groups is 1. The van der Waals surface area contributed by atoms with Crippen molar-refractivity contribution < 1.29 is 9.59 Å². The minimum Gasteiger partial charge on any atom is -0.338 e. The second kappa shape index (κ2) is 8.89. The number of piperazine rings is 1. The van der Waals surface area contributed by atoms with Crippen LogP contribution in [0.25, 0.3) is 0 Å². The molecule has 0 bridgehead atoms. The van der Waals surface area contributed by atoms with Crippen molar-refractivity contribution in [3.05, 3.63) is 0 Å². The van der Waals surface area contributed by atoms with Gasteiger partial charge in [0.15, 0.2) is 0 Å². The van der Waals surface area contributed by atoms with Gasteiger partial charge < -0.3 is 15.1 Å². The third-order valence-corrected chi connectivity index (χ3v) is 5.03. The quantitative estimate of drug-likeness (QED) is 0.794. The minimum absolute atomic E-state index is 0.0119. The van der Waals surface area contributed by atoms with Crippen LogP contribution in [0, 0.1) is 11.3 Å². The average Bonchev–Trinajstić information content (AvgIpc) is 2.56. The van der Waals surface area contributed by atoms with Crippen molar-refractivity contribution in [3.8, 4) is 6.07 Å². The second-order valence-corrected chi connectivity index (χ2v) is 6.79. The van der Waals surface area contributed by atoms with Gasteiger partial charge in [-0.05, 0) is 12.8 Å². The Morgan fingerprint density at radius 3 is 2.36 bits per heavy atom. The van der Waals surface area contributed by atoms with Gasteiger partial charge in [0.2, 0.25) is 5.91 Å². The van der Waals surface area contributed by atoms with Crippen molar-refractivity contribution in [3.63, 3.8) is 0 Å². The summed E-state index contributed by atoms with van der Waals surface area (Å²) in [5.41, 5.74) is 0. The van der Waals surface area contributed by atoms with Gasteiger partial charge in [-0.2, -0.15) is 5.26 Å². The molecule has 6 nitrogen and oxygen atoms in total. The molecule has 0 radical (unpaired) electrons. The van der Waals surface area contributed by atoms with Gasteiger partial charge in [0.25, 0.3) is 0 Å². The highest BCUT2D eigenvalue weighted by molar-refractivity contribution is 8.00. The van der Waals surface area contributed by atoms with E-state index in [0.717, 1.165) is 12.8 Å². The zero-order valence-electron chi connectivity index (χ0n) is 12.9. The van der Waals surface area contributed by atoms with Crippen molar-refractivity contribution in [2.24, 2.45) is 0 Å². The number of hydrogen-bond donors (Lipinski definition) is 1. The summed E-state index contributed by atoms with van der Waals surface area (Å²) < 4.78 is 0. The number of nitriles is 1. The summed E-state index contributed by atoms with van der Waals surface area (Å²) >= 11 is 1.34. The van der Waals surface area contributed by atoms with Crippen LogP contribution < -0.4 is 5.32 Å². The molecular weight excluding hydrogens is 300 g/mol. The molecule has 0 aromatic rings. The monoisotopic (exact) mass is 324 g/mol. The summed E-state index contributed by atoms with van der Waals surface area (Å²) in [7, 11) is 0. The number of amides is 3. The Bertz CT molecular complexity index is 424. The zero-order chi connectivity index (χ0) is 15.8. The Hall–Kier alpha value is -1.42. The van der Waals surface area contributed by atoms with Gasteiger partial charge in [-0.3, -0.25) is 4.79 Å². The number of carbonyl (C=O) groups excluding carboxylic acids is 2. The molecule has 3 amide bonds. The molecule has 2 rings (SSSR count). The van der Waals surface area contributed by atoms with Crippen molar-refractivity contribution in [2.45, 2.75) is 38.1 Å². The van der Waals surface area contributed by atoms with Crippen molar-refractivity contribution in [1.82, 2.24) is 15.1 Å². The van der Waals surface area contributed by atoms with E-state index in [0.29, 0.717) is 43.7 Å². The smallest absolute Gasteiger partial charge is 0.317 e. The van der Waals surface area contributed by atoms with Crippen LogP contribution >= 0.6 is 11.8 Å². The van der Waals surface area contributed by atoms with E-state index in [2.05, 4.69) is 5.32 Å². The molecule has 1 aliphatic heterocycles. The van der Waals surface area contributed by atoms with Crippen molar-refractivity contribution >= 4 is 23.7 Å². The fourth-order valence-corrected chi connectivity index (χ4v) is 3.50. The predicted molar refractivity (Wildman–Crippen MR) is 86.5 cm³/mol. The van der Waals surface area contributed by atoms with E-state index in [9.17, 15) is 9.59 Å². The van der Waals surface area contributed by atoms with Crippen molar-refractivity contribution in [1.29, 1.82) is 5.26 Å². The lowest BCUT2D eigenvalue weighted by molar-refractivity contribution is -0.129. The molecule has 1 heterocycles. The van der Waals surface area contributed by atoms with E-state index in [-0.39, 0.29) is 11.9 Å². The van der Waals surface area contributed by atoms with E-state index in [1.165, 1.54) is 31.0 Å².